The highest BCUT2D eigenvalue weighted by molar-refractivity contribution is 7.88. The molecule has 0 saturated heterocycles. The van der Waals surface area contributed by atoms with Gasteiger partial charge in [-0.25, -0.2) is 13.1 Å². The summed E-state index contributed by atoms with van der Waals surface area (Å²) in [7, 11) is -3.35. The molecular formula is C10H12FN3O5S. The van der Waals surface area contributed by atoms with Crippen molar-refractivity contribution in [2.45, 2.75) is 0 Å². The van der Waals surface area contributed by atoms with Crippen molar-refractivity contribution in [1.29, 1.82) is 0 Å². The molecule has 110 valence electrons. The summed E-state index contributed by atoms with van der Waals surface area (Å²) in [6.07, 6.45) is 0.970. The van der Waals surface area contributed by atoms with Gasteiger partial charge < -0.3 is 5.32 Å². The first-order valence-corrected chi connectivity index (χ1v) is 7.26. The van der Waals surface area contributed by atoms with Gasteiger partial charge in [0, 0.05) is 24.7 Å². The van der Waals surface area contributed by atoms with Gasteiger partial charge in [0.25, 0.3) is 5.91 Å². The summed E-state index contributed by atoms with van der Waals surface area (Å²) < 4.78 is 36.8. The zero-order valence-corrected chi connectivity index (χ0v) is 11.2. The maximum atomic E-state index is 13.1. The molecule has 0 bridgehead atoms. The van der Waals surface area contributed by atoms with Crippen molar-refractivity contribution in [3.8, 4) is 0 Å². The molecule has 0 radical (unpaired) electrons. The lowest BCUT2D eigenvalue weighted by Gasteiger charge is -2.05. The highest BCUT2D eigenvalue weighted by Gasteiger charge is 2.17. The van der Waals surface area contributed by atoms with Crippen LogP contribution in [0, 0.1) is 15.9 Å². The molecule has 1 aromatic rings. The molecule has 2 N–H and O–H groups in total. The molecular weight excluding hydrogens is 293 g/mol. The first-order valence-electron chi connectivity index (χ1n) is 5.37. The Bertz CT molecular complexity index is 632. The largest absolute Gasteiger partial charge is 0.351 e. The highest BCUT2D eigenvalue weighted by Crippen LogP contribution is 2.18. The predicted molar refractivity (Wildman–Crippen MR) is 68.2 cm³/mol. The van der Waals surface area contributed by atoms with Gasteiger partial charge >= 0.3 is 5.69 Å². The number of nitrogens with zero attached hydrogens (tertiary/aromatic N) is 1. The van der Waals surface area contributed by atoms with E-state index in [1.54, 1.807) is 0 Å². The molecule has 0 fully saturated rings. The quantitative estimate of drug-likeness (QED) is 0.436. The molecule has 0 aliphatic carbocycles. The van der Waals surface area contributed by atoms with Gasteiger partial charge in [0.2, 0.25) is 15.8 Å². The number of carbonyl (C=O) groups excluding carboxylic acids is 1. The van der Waals surface area contributed by atoms with E-state index < -0.39 is 32.4 Å². The van der Waals surface area contributed by atoms with Gasteiger partial charge in [0.15, 0.2) is 0 Å². The number of nitro benzene ring substituents is 1. The van der Waals surface area contributed by atoms with Gasteiger partial charge in [-0.2, -0.15) is 4.39 Å². The Morgan fingerprint density at radius 2 is 2.05 bits per heavy atom. The van der Waals surface area contributed by atoms with Gasteiger partial charge in [0.05, 0.1) is 11.2 Å². The molecule has 20 heavy (non-hydrogen) atoms. The molecule has 8 nitrogen and oxygen atoms in total. The topological polar surface area (TPSA) is 118 Å². The van der Waals surface area contributed by atoms with E-state index in [2.05, 4.69) is 10.0 Å². The van der Waals surface area contributed by atoms with Crippen LogP contribution >= 0.6 is 0 Å². The van der Waals surface area contributed by atoms with E-state index in [0.717, 1.165) is 24.5 Å². The molecule has 0 unspecified atom stereocenters. The SMILES string of the molecule is CS(=O)(=O)NCCNC(=O)c1ccc(F)c([N+](=O)[O-])c1. The maximum Gasteiger partial charge on any atom is 0.305 e. The fourth-order valence-electron chi connectivity index (χ4n) is 1.31. The number of hydrogen-bond acceptors (Lipinski definition) is 5. The van der Waals surface area contributed by atoms with Gasteiger partial charge in [-0.1, -0.05) is 0 Å². The lowest BCUT2D eigenvalue weighted by atomic mass is 10.2. The second-order valence-electron chi connectivity index (χ2n) is 3.85. The molecule has 0 atom stereocenters. The Kier molecular flexibility index (Phi) is 5.11. The first-order chi connectivity index (χ1) is 9.20. The van der Waals surface area contributed by atoms with Crippen molar-refractivity contribution in [2.75, 3.05) is 19.3 Å². The summed E-state index contributed by atoms with van der Waals surface area (Å²) in [5, 5.41) is 12.9. The monoisotopic (exact) mass is 305 g/mol. The summed E-state index contributed by atoms with van der Waals surface area (Å²) in [6, 6.07) is 2.73. The van der Waals surface area contributed by atoms with E-state index in [1.165, 1.54) is 0 Å². The van der Waals surface area contributed by atoms with Gasteiger partial charge in [-0.3, -0.25) is 14.9 Å². The van der Waals surface area contributed by atoms with Crippen molar-refractivity contribution >= 4 is 21.6 Å². The summed E-state index contributed by atoms with van der Waals surface area (Å²) in [5.41, 5.74) is -0.885. The second kappa shape index (κ2) is 6.39. The van der Waals surface area contributed by atoms with Crippen LogP contribution in [0.2, 0.25) is 0 Å². The molecule has 0 aromatic heterocycles. The van der Waals surface area contributed by atoms with Crippen LogP contribution in [0.15, 0.2) is 18.2 Å². The molecule has 0 heterocycles. The smallest absolute Gasteiger partial charge is 0.305 e. The van der Waals surface area contributed by atoms with Crippen molar-refractivity contribution in [1.82, 2.24) is 10.0 Å². The third kappa shape index (κ3) is 4.90. The number of benzene rings is 1. The fourth-order valence-corrected chi connectivity index (χ4v) is 1.78. The Morgan fingerprint density at radius 3 is 2.60 bits per heavy atom. The number of hydrogen-bond donors (Lipinski definition) is 2. The van der Waals surface area contributed by atoms with E-state index in [-0.39, 0.29) is 18.7 Å². The van der Waals surface area contributed by atoms with Crippen LogP contribution in [-0.4, -0.2) is 38.6 Å². The maximum absolute atomic E-state index is 13.1. The zero-order valence-electron chi connectivity index (χ0n) is 10.4. The molecule has 1 aromatic carbocycles. The molecule has 0 saturated carbocycles. The van der Waals surface area contributed by atoms with Crippen LogP contribution in [-0.2, 0) is 10.0 Å². The Morgan fingerprint density at radius 1 is 1.40 bits per heavy atom. The minimum absolute atomic E-state index is 0.00290. The zero-order chi connectivity index (χ0) is 15.3. The lowest BCUT2D eigenvalue weighted by molar-refractivity contribution is -0.387. The minimum atomic E-state index is -3.35. The fraction of sp³-hybridized carbons (Fsp3) is 0.300. The molecule has 0 aliphatic rings. The number of nitrogens with one attached hydrogen (secondary N) is 2. The van der Waals surface area contributed by atoms with Crippen LogP contribution in [0.3, 0.4) is 0 Å². The number of rotatable bonds is 6. The van der Waals surface area contributed by atoms with Gasteiger partial charge in [-0.05, 0) is 12.1 Å². The third-order valence-corrected chi connectivity index (χ3v) is 2.91. The average Bonchev–Trinajstić information content (AvgIpc) is 2.33. The lowest BCUT2D eigenvalue weighted by Crippen LogP contribution is -2.34. The number of amides is 1. The van der Waals surface area contributed by atoms with Crippen LogP contribution in [0.25, 0.3) is 0 Å². The van der Waals surface area contributed by atoms with Crippen molar-refractivity contribution in [3.63, 3.8) is 0 Å². The number of carbonyl (C=O) groups is 1. The van der Waals surface area contributed by atoms with Crippen LogP contribution in [0.1, 0.15) is 10.4 Å². The van der Waals surface area contributed by atoms with E-state index in [1.807, 2.05) is 0 Å². The van der Waals surface area contributed by atoms with E-state index in [0.29, 0.717) is 0 Å². The summed E-state index contributed by atoms with van der Waals surface area (Å²) in [5.74, 6) is -1.70. The van der Waals surface area contributed by atoms with Crippen molar-refractivity contribution in [2.24, 2.45) is 0 Å². The average molecular weight is 305 g/mol. The molecule has 0 spiro atoms. The number of halogens is 1. The Balaban J connectivity index is 2.64. The second-order valence-corrected chi connectivity index (χ2v) is 5.68. The predicted octanol–water partition coefficient (Wildman–Crippen LogP) is 0.0129. The van der Waals surface area contributed by atoms with Crippen LogP contribution in [0.4, 0.5) is 10.1 Å². The van der Waals surface area contributed by atoms with E-state index in [4.69, 9.17) is 0 Å². The Hall–Kier alpha value is -2.07. The third-order valence-electron chi connectivity index (χ3n) is 2.18. The standard InChI is InChI=1S/C10H12FN3O5S/c1-20(18,19)13-5-4-12-10(15)7-2-3-8(11)9(6-7)14(16)17/h2-3,6,13H,4-5H2,1H3,(H,12,15). The first kappa shape index (κ1) is 16.0. The van der Waals surface area contributed by atoms with E-state index >= 15 is 0 Å². The molecule has 0 aliphatic heterocycles. The van der Waals surface area contributed by atoms with Crippen molar-refractivity contribution < 1.29 is 22.5 Å². The van der Waals surface area contributed by atoms with Gasteiger partial charge in [0.1, 0.15) is 0 Å². The van der Waals surface area contributed by atoms with Crippen molar-refractivity contribution in [3.05, 3.63) is 39.7 Å². The minimum Gasteiger partial charge on any atom is -0.351 e. The van der Waals surface area contributed by atoms with Crippen LogP contribution < -0.4 is 10.0 Å². The van der Waals surface area contributed by atoms with E-state index in [9.17, 15) is 27.7 Å². The molecule has 1 rings (SSSR count). The number of sulfonamides is 1. The summed E-state index contributed by atoms with van der Waals surface area (Å²) >= 11 is 0. The highest BCUT2D eigenvalue weighted by atomic mass is 32.2. The van der Waals surface area contributed by atoms with Crippen LogP contribution in [0.5, 0.6) is 0 Å². The number of nitro groups is 1. The normalized spacial score (nSPS) is 11.1. The summed E-state index contributed by atoms with van der Waals surface area (Å²) in [4.78, 5) is 21.2. The summed E-state index contributed by atoms with van der Waals surface area (Å²) in [6.45, 7) is -0.0229. The van der Waals surface area contributed by atoms with Gasteiger partial charge in [-0.15, -0.1) is 0 Å². The Labute approximate surface area is 114 Å². The molecule has 1 amide bonds. The molecule has 10 heteroatoms.